The molecule has 128 valence electrons. The first-order valence-corrected chi connectivity index (χ1v) is 8.97. The molecule has 9 heteroatoms. The number of thiazole rings is 1. The number of anilines is 1. The molecular formula is C15H16IN3O4S. The third kappa shape index (κ3) is 5.34. The molecule has 0 bridgehead atoms. The van der Waals surface area contributed by atoms with Gasteiger partial charge >= 0.3 is 5.97 Å². The molecule has 1 aromatic heterocycles. The van der Waals surface area contributed by atoms with Crippen LogP contribution in [0.2, 0.25) is 0 Å². The fraction of sp³-hybridized carbons (Fsp3) is 0.267. The van der Waals surface area contributed by atoms with Gasteiger partial charge in [0.05, 0.1) is 22.1 Å². The van der Waals surface area contributed by atoms with Crippen LogP contribution in [0.1, 0.15) is 18.2 Å². The molecule has 2 rings (SSSR count). The van der Waals surface area contributed by atoms with Gasteiger partial charge in [-0.3, -0.25) is 5.43 Å². The summed E-state index contributed by atoms with van der Waals surface area (Å²) in [5.74, 6) is -0.139. The van der Waals surface area contributed by atoms with E-state index in [9.17, 15) is 4.79 Å². The molecule has 0 aliphatic heterocycles. The molecule has 1 heterocycles. The van der Waals surface area contributed by atoms with Crippen molar-refractivity contribution in [2.75, 3.05) is 18.6 Å². The normalized spacial score (nSPS) is 10.8. The Morgan fingerprint density at radius 2 is 2.29 bits per heavy atom. The molecular weight excluding hydrogens is 445 g/mol. The highest BCUT2D eigenvalue weighted by Gasteiger charge is 2.13. The van der Waals surface area contributed by atoms with Crippen molar-refractivity contribution in [1.82, 2.24) is 4.98 Å². The van der Waals surface area contributed by atoms with Crippen molar-refractivity contribution in [3.63, 3.8) is 0 Å². The number of hydrazone groups is 1. The number of halogens is 1. The first kappa shape index (κ1) is 18.5. The van der Waals surface area contributed by atoms with Crippen LogP contribution in [0.5, 0.6) is 11.5 Å². The van der Waals surface area contributed by atoms with E-state index in [1.54, 1.807) is 12.3 Å². The van der Waals surface area contributed by atoms with Crippen molar-refractivity contribution in [1.29, 1.82) is 0 Å². The molecule has 2 N–H and O–H groups in total. The van der Waals surface area contributed by atoms with E-state index in [-0.39, 0.29) is 0 Å². The number of hydrogen-bond acceptors (Lipinski definition) is 7. The van der Waals surface area contributed by atoms with Crippen LogP contribution in [0.25, 0.3) is 0 Å². The van der Waals surface area contributed by atoms with Crippen LogP contribution in [0, 0.1) is 10.5 Å². The molecule has 0 saturated heterocycles. The van der Waals surface area contributed by atoms with Crippen molar-refractivity contribution in [3.8, 4) is 11.5 Å². The molecule has 0 aliphatic rings. The van der Waals surface area contributed by atoms with E-state index in [0.29, 0.717) is 23.2 Å². The standard InChI is InChI=1S/C15H16IN3O4S/c1-3-22-12-5-10(4-11(16)14(12)23-7-13(20)21)6-17-19-15-18-9(2)8-24-15/h4-6,8H,3,7H2,1-2H3,(H,18,19)(H,20,21). The van der Waals surface area contributed by atoms with E-state index < -0.39 is 12.6 Å². The number of nitrogens with one attached hydrogen (secondary N) is 1. The van der Waals surface area contributed by atoms with E-state index in [4.69, 9.17) is 14.6 Å². The highest BCUT2D eigenvalue weighted by molar-refractivity contribution is 14.1. The topological polar surface area (TPSA) is 93.0 Å². The average Bonchev–Trinajstić information content (AvgIpc) is 2.92. The van der Waals surface area contributed by atoms with Crippen molar-refractivity contribution in [2.24, 2.45) is 5.10 Å². The highest BCUT2D eigenvalue weighted by Crippen LogP contribution is 2.34. The fourth-order valence-corrected chi connectivity index (χ4v) is 3.18. The summed E-state index contributed by atoms with van der Waals surface area (Å²) in [6, 6.07) is 3.58. The van der Waals surface area contributed by atoms with Crippen LogP contribution in [0.4, 0.5) is 5.13 Å². The maximum absolute atomic E-state index is 10.7. The summed E-state index contributed by atoms with van der Waals surface area (Å²) in [6.07, 6.45) is 1.64. The van der Waals surface area contributed by atoms with E-state index >= 15 is 0 Å². The van der Waals surface area contributed by atoms with E-state index in [1.807, 2.05) is 25.3 Å². The lowest BCUT2D eigenvalue weighted by Crippen LogP contribution is -2.11. The summed E-state index contributed by atoms with van der Waals surface area (Å²) in [5, 5.41) is 15.6. The second-order valence-electron chi connectivity index (χ2n) is 4.61. The van der Waals surface area contributed by atoms with Crippen molar-refractivity contribution in [3.05, 3.63) is 32.3 Å². The molecule has 0 fully saturated rings. The van der Waals surface area contributed by atoms with Gasteiger partial charge in [0.2, 0.25) is 5.13 Å². The molecule has 0 spiro atoms. The van der Waals surface area contributed by atoms with Crippen LogP contribution in [-0.4, -0.2) is 35.5 Å². The largest absolute Gasteiger partial charge is 0.490 e. The summed E-state index contributed by atoms with van der Waals surface area (Å²) in [5.41, 5.74) is 4.60. The van der Waals surface area contributed by atoms with Gasteiger partial charge in [0.25, 0.3) is 0 Å². The number of aromatic nitrogens is 1. The molecule has 0 aliphatic carbocycles. The quantitative estimate of drug-likeness (QED) is 0.356. The summed E-state index contributed by atoms with van der Waals surface area (Å²) >= 11 is 3.55. The number of carboxylic acids is 1. The van der Waals surface area contributed by atoms with Crippen LogP contribution in [0.15, 0.2) is 22.6 Å². The molecule has 7 nitrogen and oxygen atoms in total. The Bertz CT molecular complexity index is 748. The van der Waals surface area contributed by atoms with E-state index in [2.05, 4.69) is 38.1 Å². The Hall–Kier alpha value is -1.88. The smallest absolute Gasteiger partial charge is 0.341 e. The van der Waals surface area contributed by atoms with Gasteiger partial charge < -0.3 is 14.6 Å². The number of benzene rings is 1. The maximum atomic E-state index is 10.7. The van der Waals surface area contributed by atoms with Gasteiger partial charge in [0, 0.05) is 5.38 Å². The van der Waals surface area contributed by atoms with Gasteiger partial charge in [0.1, 0.15) is 0 Å². The first-order chi connectivity index (χ1) is 11.5. The number of carbonyl (C=O) groups is 1. The van der Waals surface area contributed by atoms with Gasteiger partial charge in [-0.25, -0.2) is 9.78 Å². The third-order valence-corrected chi connectivity index (χ3v) is 4.33. The molecule has 0 amide bonds. The minimum atomic E-state index is -1.04. The zero-order valence-electron chi connectivity index (χ0n) is 13.1. The number of carboxylic acid groups (broad SMARTS) is 1. The fourth-order valence-electron chi connectivity index (χ4n) is 1.77. The number of hydrogen-bond donors (Lipinski definition) is 2. The molecule has 0 radical (unpaired) electrons. The maximum Gasteiger partial charge on any atom is 0.341 e. The molecule has 0 atom stereocenters. The lowest BCUT2D eigenvalue weighted by atomic mass is 10.2. The SMILES string of the molecule is CCOc1cc(C=NNc2nc(C)cs2)cc(I)c1OCC(=O)O. The van der Waals surface area contributed by atoms with Crippen molar-refractivity contribution >= 4 is 51.2 Å². The summed E-state index contributed by atoms with van der Waals surface area (Å²) in [6.45, 7) is 3.78. The van der Waals surface area contributed by atoms with Gasteiger partial charge in [-0.1, -0.05) is 0 Å². The highest BCUT2D eigenvalue weighted by atomic mass is 127. The van der Waals surface area contributed by atoms with Gasteiger partial charge in [0.15, 0.2) is 18.1 Å². The Morgan fingerprint density at radius 3 is 2.92 bits per heavy atom. The molecule has 0 unspecified atom stereocenters. The molecule has 0 saturated carbocycles. The Morgan fingerprint density at radius 1 is 1.50 bits per heavy atom. The number of nitrogens with zero attached hydrogens (tertiary/aromatic N) is 2. The molecule has 1 aromatic carbocycles. The first-order valence-electron chi connectivity index (χ1n) is 7.01. The van der Waals surface area contributed by atoms with Crippen molar-refractivity contribution in [2.45, 2.75) is 13.8 Å². The summed E-state index contributed by atoms with van der Waals surface area (Å²) < 4.78 is 11.6. The summed E-state index contributed by atoms with van der Waals surface area (Å²) in [4.78, 5) is 14.9. The van der Waals surface area contributed by atoms with Gasteiger partial charge in [-0.2, -0.15) is 5.10 Å². The number of aliphatic carboxylic acids is 1. The number of aryl methyl sites for hydroxylation is 1. The minimum absolute atomic E-state index is 0.417. The Balaban J connectivity index is 2.16. The monoisotopic (exact) mass is 461 g/mol. The zero-order valence-corrected chi connectivity index (χ0v) is 16.1. The van der Waals surface area contributed by atoms with Crippen LogP contribution < -0.4 is 14.9 Å². The predicted octanol–water partition coefficient (Wildman–Crippen LogP) is 3.36. The van der Waals surface area contributed by atoms with Gasteiger partial charge in [-0.15, -0.1) is 11.3 Å². The second-order valence-corrected chi connectivity index (χ2v) is 6.63. The number of ether oxygens (including phenoxy) is 2. The summed E-state index contributed by atoms with van der Waals surface area (Å²) in [7, 11) is 0. The number of rotatable bonds is 8. The van der Waals surface area contributed by atoms with E-state index in [1.165, 1.54) is 11.3 Å². The lowest BCUT2D eigenvalue weighted by Gasteiger charge is -2.13. The third-order valence-electron chi connectivity index (χ3n) is 2.66. The van der Waals surface area contributed by atoms with Crippen molar-refractivity contribution < 1.29 is 19.4 Å². The van der Waals surface area contributed by atoms with E-state index in [0.717, 1.165) is 14.8 Å². The molecule has 2 aromatic rings. The Labute approximate surface area is 156 Å². The van der Waals surface area contributed by atoms with Gasteiger partial charge in [-0.05, 0) is 54.1 Å². The average molecular weight is 461 g/mol. The predicted molar refractivity (Wildman–Crippen MR) is 102 cm³/mol. The van der Waals surface area contributed by atoms with Crippen LogP contribution in [-0.2, 0) is 4.79 Å². The second kappa shape index (κ2) is 8.83. The zero-order chi connectivity index (χ0) is 17.5. The Kier molecular flexibility index (Phi) is 6.79. The molecule has 24 heavy (non-hydrogen) atoms. The van der Waals surface area contributed by atoms with Crippen LogP contribution in [0.3, 0.4) is 0 Å². The minimum Gasteiger partial charge on any atom is -0.490 e. The lowest BCUT2D eigenvalue weighted by molar-refractivity contribution is -0.139. The van der Waals surface area contributed by atoms with Crippen LogP contribution >= 0.6 is 33.9 Å².